The van der Waals surface area contributed by atoms with Crippen LogP contribution in [0.25, 0.3) is 11.4 Å². The lowest BCUT2D eigenvalue weighted by molar-refractivity contribution is 0.0957. The molecule has 0 saturated carbocycles. The van der Waals surface area contributed by atoms with Gasteiger partial charge in [0.1, 0.15) is 12.4 Å². The van der Waals surface area contributed by atoms with Gasteiger partial charge >= 0.3 is 0 Å². The first-order valence-electron chi connectivity index (χ1n) is 7.32. The molecule has 0 saturated heterocycles. The third-order valence-electron chi connectivity index (χ3n) is 3.53. The number of rotatable bonds is 5. The Morgan fingerprint density at radius 1 is 1.13 bits per heavy atom. The van der Waals surface area contributed by atoms with Crippen molar-refractivity contribution in [2.24, 2.45) is 0 Å². The summed E-state index contributed by atoms with van der Waals surface area (Å²) in [5.74, 6) is -0.504. The highest BCUT2D eigenvalue weighted by molar-refractivity contribution is 5.96. The van der Waals surface area contributed by atoms with Gasteiger partial charge in [-0.05, 0) is 29.3 Å². The molecule has 116 valence electrons. The van der Waals surface area contributed by atoms with Gasteiger partial charge in [0.05, 0.1) is 5.56 Å². The van der Waals surface area contributed by atoms with E-state index in [1.54, 1.807) is 6.07 Å². The Hall–Kier alpha value is -2.89. The van der Waals surface area contributed by atoms with Crippen LogP contribution in [-0.4, -0.2) is 26.0 Å². The number of aryl methyl sites for hydroxylation is 1. The number of halogens is 1. The van der Waals surface area contributed by atoms with Crippen LogP contribution in [0.2, 0.25) is 0 Å². The molecule has 5 nitrogen and oxygen atoms in total. The van der Waals surface area contributed by atoms with E-state index in [0.29, 0.717) is 5.82 Å². The lowest BCUT2D eigenvalue weighted by Gasteiger charge is -2.01. The van der Waals surface area contributed by atoms with Gasteiger partial charge in [-0.25, -0.2) is 4.39 Å². The second kappa shape index (κ2) is 6.48. The minimum Gasteiger partial charge on any atom is -0.292 e. The van der Waals surface area contributed by atoms with Crippen LogP contribution >= 0.6 is 0 Å². The fraction of sp³-hybridized carbons (Fsp3) is 0.176. The molecule has 0 amide bonds. The zero-order valence-electron chi connectivity index (χ0n) is 12.6. The van der Waals surface area contributed by atoms with Crippen LogP contribution in [0, 0.1) is 5.82 Å². The van der Waals surface area contributed by atoms with Gasteiger partial charge in [-0.3, -0.25) is 4.79 Å². The molecule has 0 unspecified atom stereocenters. The SMILES string of the molecule is CCc1ccc(-c2nnn(CC(=O)c3ccccc3F)n2)cc1. The van der Waals surface area contributed by atoms with Crippen molar-refractivity contribution in [3.63, 3.8) is 0 Å². The van der Waals surface area contributed by atoms with Crippen molar-refractivity contribution in [3.05, 3.63) is 65.5 Å². The summed E-state index contributed by atoms with van der Waals surface area (Å²) in [5.41, 5.74) is 2.07. The molecule has 3 rings (SSSR count). The van der Waals surface area contributed by atoms with E-state index >= 15 is 0 Å². The quantitative estimate of drug-likeness (QED) is 0.680. The number of carbonyl (C=O) groups is 1. The van der Waals surface area contributed by atoms with E-state index in [9.17, 15) is 9.18 Å². The molecule has 1 aromatic heterocycles. The smallest absolute Gasteiger partial charge is 0.204 e. The molecule has 0 aliphatic rings. The number of ketones is 1. The molecule has 0 aliphatic carbocycles. The van der Waals surface area contributed by atoms with Crippen LogP contribution in [-0.2, 0) is 13.0 Å². The Labute approximate surface area is 132 Å². The third-order valence-corrected chi connectivity index (χ3v) is 3.53. The summed E-state index contributed by atoms with van der Waals surface area (Å²) < 4.78 is 13.6. The van der Waals surface area contributed by atoms with Gasteiger partial charge in [0.15, 0.2) is 5.78 Å². The van der Waals surface area contributed by atoms with Crippen LogP contribution < -0.4 is 0 Å². The fourth-order valence-corrected chi connectivity index (χ4v) is 2.22. The van der Waals surface area contributed by atoms with Crippen molar-refractivity contribution in [2.45, 2.75) is 19.9 Å². The molecular weight excluding hydrogens is 295 g/mol. The summed E-state index contributed by atoms with van der Waals surface area (Å²) >= 11 is 0. The minimum absolute atomic E-state index is 0.0265. The Morgan fingerprint density at radius 2 is 1.87 bits per heavy atom. The van der Waals surface area contributed by atoms with Gasteiger partial charge in [0, 0.05) is 5.56 Å². The van der Waals surface area contributed by atoms with Crippen molar-refractivity contribution >= 4 is 5.78 Å². The Balaban J connectivity index is 1.76. The van der Waals surface area contributed by atoms with Crippen LogP contribution in [0.3, 0.4) is 0 Å². The average molecular weight is 310 g/mol. The lowest BCUT2D eigenvalue weighted by atomic mass is 10.1. The fourth-order valence-electron chi connectivity index (χ4n) is 2.22. The molecule has 1 heterocycles. The van der Waals surface area contributed by atoms with E-state index in [2.05, 4.69) is 22.3 Å². The van der Waals surface area contributed by atoms with Crippen LogP contribution in [0.15, 0.2) is 48.5 Å². The Bertz CT molecular complexity index is 827. The van der Waals surface area contributed by atoms with Crippen molar-refractivity contribution in [2.75, 3.05) is 0 Å². The largest absolute Gasteiger partial charge is 0.292 e. The zero-order valence-corrected chi connectivity index (χ0v) is 12.6. The van der Waals surface area contributed by atoms with E-state index in [0.717, 1.165) is 12.0 Å². The van der Waals surface area contributed by atoms with E-state index in [4.69, 9.17) is 0 Å². The highest BCUT2D eigenvalue weighted by Gasteiger charge is 2.14. The lowest BCUT2D eigenvalue weighted by Crippen LogP contribution is -2.14. The molecular formula is C17H15FN4O. The van der Waals surface area contributed by atoms with E-state index in [1.807, 2.05) is 24.3 Å². The summed E-state index contributed by atoms with van der Waals surface area (Å²) in [6, 6.07) is 13.7. The average Bonchev–Trinajstić information content (AvgIpc) is 3.03. The summed E-state index contributed by atoms with van der Waals surface area (Å²) in [6.45, 7) is 1.93. The molecule has 6 heteroatoms. The van der Waals surface area contributed by atoms with Gasteiger partial charge < -0.3 is 0 Å². The molecule has 23 heavy (non-hydrogen) atoms. The predicted molar refractivity (Wildman–Crippen MR) is 83.4 cm³/mol. The van der Waals surface area contributed by atoms with Gasteiger partial charge in [-0.1, -0.05) is 43.3 Å². The van der Waals surface area contributed by atoms with Crippen molar-refractivity contribution in [1.29, 1.82) is 0 Å². The van der Waals surface area contributed by atoms with Crippen molar-refractivity contribution < 1.29 is 9.18 Å². The van der Waals surface area contributed by atoms with E-state index in [1.165, 1.54) is 28.6 Å². The number of Topliss-reactive ketones (excluding diaryl/α,β-unsaturated/α-hetero) is 1. The highest BCUT2D eigenvalue weighted by atomic mass is 19.1. The normalized spacial score (nSPS) is 10.7. The standard InChI is InChI=1S/C17H15FN4O/c1-2-12-7-9-13(10-8-12)17-19-21-22(20-17)11-16(23)14-5-3-4-6-15(14)18/h3-10H,2,11H2,1H3. The first kappa shape index (κ1) is 15.0. The van der Waals surface area contributed by atoms with Crippen molar-refractivity contribution in [3.8, 4) is 11.4 Å². The van der Waals surface area contributed by atoms with Gasteiger partial charge in [0.25, 0.3) is 0 Å². The molecule has 2 aromatic carbocycles. The molecule has 0 radical (unpaired) electrons. The van der Waals surface area contributed by atoms with Crippen molar-refractivity contribution in [1.82, 2.24) is 20.2 Å². The van der Waals surface area contributed by atoms with Crippen LogP contribution in [0.4, 0.5) is 4.39 Å². The zero-order chi connectivity index (χ0) is 16.2. The molecule has 0 fully saturated rings. The first-order valence-corrected chi connectivity index (χ1v) is 7.32. The topological polar surface area (TPSA) is 60.7 Å². The van der Waals surface area contributed by atoms with Crippen LogP contribution in [0.1, 0.15) is 22.8 Å². The Kier molecular flexibility index (Phi) is 4.23. The molecule has 0 aliphatic heterocycles. The third kappa shape index (κ3) is 3.31. The number of carbonyl (C=O) groups excluding carboxylic acids is 1. The summed E-state index contributed by atoms with van der Waals surface area (Å²) in [6.07, 6.45) is 0.956. The Morgan fingerprint density at radius 3 is 2.57 bits per heavy atom. The second-order valence-electron chi connectivity index (χ2n) is 5.10. The monoisotopic (exact) mass is 310 g/mol. The molecule has 0 bridgehead atoms. The number of benzene rings is 2. The maximum Gasteiger partial charge on any atom is 0.204 e. The number of tetrazole rings is 1. The summed E-state index contributed by atoms with van der Waals surface area (Å²) in [5, 5.41) is 12.0. The highest BCUT2D eigenvalue weighted by Crippen LogP contribution is 2.15. The van der Waals surface area contributed by atoms with Gasteiger partial charge in [-0.15, -0.1) is 10.2 Å². The summed E-state index contributed by atoms with van der Waals surface area (Å²) in [7, 11) is 0. The van der Waals surface area contributed by atoms with Gasteiger partial charge in [0.2, 0.25) is 5.82 Å². The molecule has 0 N–H and O–H groups in total. The maximum atomic E-state index is 13.6. The maximum absolute atomic E-state index is 13.6. The second-order valence-corrected chi connectivity index (χ2v) is 5.10. The summed E-state index contributed by atoms with van der Waals surface area (Å²) in [4.78, 5) is 13.3. The number of aromatic nitrogens is 4. The first-order chi connectivity index (χ1) is 11.2. The van der Waals surface area contributed by atoms with Gasteiger partial charge in [-0.2, -0.15) is 4.80 Å². The molecule has 0 spiro atoms. The minimum atomic E-state index is -0.548. The van der Waals surface area contributed by atoms with Crippen LogP contribution in [0.5, 0.6) is 0 Å². The van der Waals surface area contributed by atoms with E-state index < -0.39 is 11.6 Å². The number of nitrogens with zero attached hydrogens (tertiary/aromatic N) is 4. The number of hydrogen-bond donors (Lipinski definition) is 0. The predicted octanol–water partition coefficient (Wildman–Crippen LogP) is 2.92. The van der Waals surface area contributed by atoms with E-state index in [-0.39, 0.29) is 12.1 Å². The number of hydrogen-bond acceptors (Lipinski definition) is 4. The molecule has 0 atom stereocenters. The molecule has 3 aromatic rings.